The molecule has 0 heterocycles. The zero-order valence-corrected chi connectivity index (χ0v) is 14.5. The lowest BCUT2D eigenvalue weighted by molar-refractivity contribution is -0.137. The summed E-state index contributed by atoms with van der Waals surface area (Å²) in [5.41, 5.74) is -0.701. The number of benzene rings is 2. The van der Waals surface area contributed by atoms with Crippen LogP contribution in [0.2, 0.25) is 0 Å². The summed E-state index contributed by atoms with van der Waals surface area (Å²) in [4.78, 5) is 0. The molecule has 1 atom stereocenters. The Kier molecular flexibility index (Phi) is 6.25. The molecule has 0 saturated carbocycles. The fraction of sp³-hybridized carbons (Fsp3) is 0.294. The summed E-state index contributed by atoms with van der Waals surface area (Å²) in [6.07, 6.45) is -4.69. The summed E-state index contributed by atoms with van der Waals surface area (Å²) >= 11 is 0. The number of hydrogen-bond acceptors (Lipinski definition) is 4. The van der Waals surface area contributed by atoms with Crippen molar-refractivity contribution in [3.8, 4) is 5.75 Å². The number of rotatable bonds is 7. The molecule has 0 radical (unpaired) electrons. The van der Waals surface area contributed by atoms with Gasteiger partial charge in [0.2, 0.25) is 0 Å². The first-order valence-electron chi connectivity index (χ1n) is 7.48. The van der Waals surface area contributed by atoms with E-state index in [1.54, 1.807) is 0 Å². The number of ether oxygens (including phenoxy) is 1. The molecule has 2 aromatic carbocycles. The van der Waals surface area contributed by atoms with E-state index in [4.69, 9.17) is 4.74 Å². The largest absolute Gasteiger partial charge is 0.486 e. The predicted octanol–water partition coefficient (Wildman–Crippen LogP) is 4.33. The lowest BCUT2D eigenvalue weighted by Crippen LogP contribution is -2.14. The predicted molar refractivity (Wildman–Crippen MR) is 86.6 cm³/mol. The van der Waals surface area contributed by atoms with Crippen molar-refractivity contribution >= 4 is 10.1 Å². The molecular formula is C17H16F4O4S. The van der Waals surface area contributed by atoms with Crippen LogP contribution in [0.4, 0.5) is 17.6 Å². The topological polar surface area (TPSA) is 52.6 Å². The Morgan fingerprint density at radius 2 is 1.77 bits per heavy atom. The van der Waals surface area contributed by atoms with Crippen LogP contribution < -0.4 is 4.74 Å². The molecule has 0 aromatic heterocycles. The maximum Gasteiger partial charge on any atom is 0.416 e. The van der Waals surface area contributed by atoms with Gasteiger partial charge < -0.3 is 4.74 Å². The van der Waals surface area contributed by atoms with E-state index >= 15 is 0 Å². The van der Waals surface area contributed by atoms with Gasteiger partial charge in [0, 0.05) is 12.5 Å². The molecule has 26 heavy (non-hydrogen) atoms. The number of alkyl halides is 3. The van der Waals surface area contributed by atoms with Gasteiger partial charge in [0.05, 0.1) is 18.4 Å². The van der Waals surface area contributed by atoms with Crippen LogP contribution in [0.5, 0.6) is 5.75 Å². The minimum atomic E-state index is -4.54. The number of halogens is 4. The van der Waals surface area contributed by atoms with E-state index in [0.29, 0.717) is 0 Å². The zero-order chi connectivity index (χ0) is 19.4. The maximum absolute atomic E-state index is 13.3. The van der Waals surface area contributed by atoms with Gasteiger partial charge in [0.1, 0.15) is 17.7 Å². The van der Waals surface area contributed by atoms with Crippen molar-refractivity contribution in [2.24, 2.45) is 0 Å². The van der Waals surface area contributed by atoms with Crippen LogP contribution in [-0.2, 0) is 20.5 Å². The molecule has 9 heteroatoms. The van der Waals surface area contributed by atoms with Gasteiger partial charge in [-0.15, -0.1) is 0 Å². The van der Waals surface area contributed by atoms with Gasteiger partial charge in [-0.25, -0.2) is 4.39 Å². The van der Waals surface area contributed by atoms with Crippen LogP contribution in [0.15, 0.2) is 48.5 Å². The van der Waals surface area contributed by atoms with Crippen molar-refractivity contribution < 1.29 is 34.9 Å². The van der Waals surface area contributed by atoms with E-state index < -0.39 is 33.8 Å². The smallest absolute Gasteiger partial charge is 0.416 e. The summed E-state index contributed by atoms with van der Waals surface area (Å²) < 4.78 is 84.5. The summed E-state index contributed by atoms with van der Waals surface area (Å²) in [6, 6.07) is 9.57. The van der Waals surface area contributed by atoms with E-state index in [1.165, 1.54) is 30.3 Å². The molecule has 0 spiro atoms. The first kappa shape index (κ1) is 20.2. The Bertz CT molecular complexity index is 850. The first-order chi connectivity index (χ1) is 12.0. The third-order valence-electron chi connectivity index (χ3n) is 3.34. The van der Waals surface area contributed by atoms with Crippen molar-refractivity contribution in [2.45, 2.75) is 18.7 Å². The van der Waals surface area contributed by atoms with Crippen LogP contribution in [0, 0.1) is 5.82 Å². The standard InChI is InChI=1S/C17H16F4O4S/c1-26(22,23)24-9-8-16(25-15-7-3-6-14(18)11-15)12-4-2-5-13(10-12)17(19,20)21/h2-7,10-11,16H,8-9H2,1H3. The highest BCUT2D eigenvalue weighted by atomic mass is 32.2. The zero-order valence-electron chi connectivity index (χ0n) is 13.7. The Hall–Kier alpha value is -2.13. The number of hydrogen-bond donors (Lipinski definition) is 0. The highest BCUT2D eigenvalue weighted by Crippen LogP contribution is 2.33. The van der Waals surface area contributed by atoms with E-state index in [0.717, 1.165) is 24.5 Å². The minimum Gasteiger partial charge on any atom is -0.486 e. The Morgan fingerprint density at radius 3 is 2.38 bits per heavy atom. The molecule has 0 saturated heterocycles. The third-order valence-corrected chi connectivity index (χ3v) is 3.93. The van der Waals surface area contributed by atoms with Crippen LogP contribution in [0.1, 0.15) is 23.7 Å². The SMILES string of the molecule is CS(=O)(=O)OCCC(Oc1cccc(F)c1)c1cccc(C(F)(F)F)c1. The first-order valence-corrected chi connectivity index (χ1v) is 9.30. The Balaban J connectivity index is 2.27. The third kappa shape index (κ3) is 6.30. The molecule has 142 valence electrons. The summed E-state index contributed by atoms with van der Waals surface area (Å²) in [7, 11) is -3.71. The normalized spacial score (nSPS) is 13.4. The van der Waals surface area contributed by atoms with Crippen molar-refractivity contribution in [3.63, 3.8) is 0 Å². The van der Waals surface area contributed by atoms with E-state index in [9.17, 15) is 26.0 Å². The van der Waals surface area contributed by atoms with Gasteiger partial charge >= 0.3 is 6.18 Å². The molecule has 2 rings (SSSR count). The van der Waals surface area contributed by atoms with Crippen LogP contribution in [0.25, 0.3) is 0 Å². The van der Waals surface area contributed by atoms with Crippen LogP contribution >= 0.6 is 0 Å². The van der Waals surface area contributed by atoms with Gasteiger partial charge in [-0.05, 0) is 29.8 Å². The molecule has 2 aromatic rings. The van der Waals surface area contributed by atoms with Crippen LogP contribution in [-0.4, -0.2) is 21.3 Å². The Labute approximate surface area is 148 Å². The fourth-order valence-electron chi connectivity index (χ4n) is 2.22. The lowest BCUT2D eigenvalue weighted by Gasteiger charge is -2.20. The molecule has 1 unspecified atom stereocenters. The highest BCUT2D eigenvalue weighted by Gasteiger charge is 2.31. The highest BCUT2D eigenvalue weighted by molar-refractivity contribution is 7.85. The van der Waals surface area contributed by atoms with Gasteiger partial charge in [-0.2, -0.15) is 21.6 Å². The monoisotopic (exact) mass is 392 g/mol. The van der Waals surface area contributed by atoms with Crippen molar-refractivity contribution in [1.29, 1.82) is 0 Å². The van der Waals surface area contributed by atoms with Gasteiger partial charge in [0.15, 0.2) is 0 Å². The van der Waals surface area contributed by atoms with Crippen molar-refractivity contribution in [2.75, 3.05) is 12.9 Å². The van der Waals surface area contributed by atoms with Gasteiger partial charge in [-0.3, -0.25) is 4.18 Å². The second-order valence-electron chi connectivity index (χ2n) is 5.50. The molecule has 0 fully saturated rings. The Morgan fingerprint density at radius 1 is 1.08 bits per heavy atom. The van der Waals surface area contributed by atoms with E-state index in [1.807, 2.05) is 0 Å². The molecule has 0 bridgehead atoms. The average Bonchev–Trinajstić information content (AvgIpc) is 2.52. The second kappa shape index (κ2) is 8.05. The summed E-state index contributed by atoms with van der Waals surface area (Å²) in [6.45, 7) is -0.297. The quantitative estimate of drug-likeness (QED) is 0.520. The second-order valence-corrected chi connectivity index (χ2v) is 7.15. The van der Waals surface area contributed by atoms with Gasteiger partial charge in [0.25, 0.3) is 10.1 Å². The summed E-state index contributed by atoms with van der Waals surface area (Å²) in [5, 5.41) is 0. The lowest BCUT2D eigenvalue weighted by atomic mass is 10.0. The van der Waals surface area contributed by atoms with Crippen LogP contribution in [0.3, 0.4) is 0 Å². The maximum atomic E-state index is 13.3. The van der Waals surface area contributed by atoms with E-state index in [-0.39, 0.29) is 24.3 Å². The fourth-order valence-corrected chi connectivity index (χ4v) is 2.62. The minimum absolute atomic E-state index is 0.0507. The molecule has 0 N–H and O–H groups in total. The molecule has 0 aliphatic rings. The molecule has 0 amide bonds. The van der Waals surface area contributed by atoms with Crippen molar-refractivity contribution in [1.82, 2.24) is 0 Å². The molecular weight excluding hydrogens is 376 g/mol. The summed E-state index contributed by atoms with van der Waals surface area (Å²) in [5.74, 6) is -0.468. The van der Waals surface area contributed by atoms with Crippen molar-refractivity contribution in [3.05, 3.63) is 65.5 Å². The molecule has 0 aliphatic heterocycles. The average molecular weight is 392 g/mol. The molecule has 0 aliphatic carbocycles. The van der Waals surface area contributed by atoms with Gasteiger partial charge in [-0.1, -0.05) is 18.2 Å². The molecule has 4 nitrogen and oxygen atoms in total. The van der Waals surface area contributed by atoms with E-state index in [2.05, 4.69) is 4.18 Å².